The van der Waals surface area contributed by atoms with Crippen molar-refractivity contribution in [3.63, 3.8) is 0 Å². The van der Waals surface area contributed by atoms with Gasteiger partial charge in [-0.15, -0.1) is 11.3 Å². The van der Waals surface area contributed by atoms with Gasteiger partial charge in [0.25, 0.3) is 0 Å². The molecule has 0 aliphatic rings. The van der Waals surface area contributed by atoms with Crippen molar-refractivity contribution in [3.05, 3.63) is 67.7 Å². The molecule has 0 spiro atoms. The van der Waals surface area contributed by atoms with E-state index in [1.54, 1.807) is 11.4 Å². The fourth-order valence-corrected chi connectivity index (χ4v) is 3.98. The SMILES string of the molecule is O=C(c1cc(Br)ccc1F)c1csc2c(Br)cccc12. The van der Waals surface area contributed by atoms with E-state index in [0.717, 1.165) is 14.6 Å². The van der Waals surface area contributed by atoms with E-state index in [4.69, 9.17) is 0 Å². The van der Waals surface area contributed by atoms with Gasteiger partial charge in [0.1, 0.15) is 5.82 Å². The van der Waals surface area contributed by atoms with Gasteiger partial charge in [0.2, 0.25) is 0 Å². The van der Waals surface area contributed by atoms with Gasteiger partial charge in [-0.3, -0.25) is 4.79 Å². The van der Waals surface area contributed by atoms with Crippen molar-refractivity contribution in [1.82, 2.24) is 0 Å². The van der Waals surface area contributed by atoms with E-state index < -0.39 is 5.82 Å². The second-order valence-electron chi connectivity index (χ2n) is 4.22. The van der Waals surface area contributed by atoms with E-state index in [2.05, 4.69) is 31.9 Å². The van der Waals surface area contributed by atoms with Gasteiger partial charge >= 0.3 is 0 Å². The summed E-state index contributed by atoms with van der Waals surface area (Å²) in [4.78, 5) is 12.5. The molecule has 0 saturated heterocycles. The van der Waals surface area contributed by atoms with Crippen LogP contribution in [0.4, 0.5) is 4.39 Å². The molecule has 0 fully saturated rings. The zero-order valence-corrected chi connectivity index (χ0v) is 14.0. The highest BCUT2D eigenvalue weighted by Crippen LogP contribution is 2.33. The molecule has 0 saturated carbocycles. The Hall–Kier alpha value is -1.04. The Balaban J connectivity index is 2.18. The van der Waals surface area contributed by atoms with Crippen LogP contribution in [0.1, 0.15) is 15.9 Å². The predicted molar refractivity (Wildman–Crippen MR) is 87.1 cm³/mol. The molecule has 20 heavy (non-hydrogen) atoms. The fourth-order valence-electron chi connectivity index (χ4n) is 2.01. The monoisotopic (exact) mass is 412 g/mol. The van der Waals surface area contributed by atoms with Gasteiger partial charge in [0, 0.05) is 30.0 Å². The van der Waals surface area contributed by atoms with Gasteiger partial charge in [0.15, 0.2) is 5.78 Å². The molecule has 1 aromatic heterocycles. The van der Waals surface area contributed by atoms with Crippen molar-refractivity contribution in [2.24, 2.45) is 0 Å². The van der Waals surface area contributed by atoms with E-state index in [-0.39, 0.29) is 11.3 Å². The van der Waals surface area contributed by atoms with Gasteiger partial charge in [-0.1, -0.05) is 28.1 Å². The summed E-state index contributed by atoms with van der Waals surface area (Å²) in [7, 11) is 0. The first-order chi connectivity index (χ1) is 9.58. The van der Waals surface area contributed by atoms with Crippen molar-refractivity contribution in [2.45, 2.75) is 0 Å². The molecule has 0 radical (unpaired) electrons. The molecule has 1 heterocycles. The average molecular weight is 414 g/mol. The van der Waals surface area contributed by atoms with Gasteiger partial charge in [0.05, 0.1) is 5.56 Å². The van der Waals surface area contributed by atoms with Crippen LogP contribution in [0.25, 0.3) is 10.1 Å². The van der Waals surface area contributed by atoms with E-state index in [9.17, 15) is 9.18 Å². The molecule has 3 aromatic rings. The summed E-state index contributed by atoms with van der Waals surface area (Å²) in [5.74, 6) is -0.805. The highest BCUT2D eigenvalue weighted by atomic mass is 79.9. The van der Waals surface area contributed by atoms with Crippen LogP contribution in [0.15, 0.2) is 50.7 Å². The van der Waals surface area contributed by atoms with E-state index in [0.29, 0.717) is 10.0 Å². The molecule has 0 bridgehead atoms. The minimum Gasteiger partial charge on any atom is -0.288 e. The maximum atomic E-state index is 13.8. The summed E-state index contributed by atoms with van der Waals surface area (Å²) < 4.78 is 16.5. The lowest BCUT2D eigenvalue weighted by Gasteiger charge is -2.03. The van der Waals surface area contributed by atoms with Gasteiger partial charge < -0.3 is 0 Å². The lowest BCUT2D eigenvalue weighted by atomic mass is 10.0. The second-order valence-corrected chi connectivity index (χ2v) is 6.87. The number of fused-ring (bicyclic) bond motifs is 1. The average Bonchev–Trinajstić information content (AvgIpc) is 2.86. The summed E-state index contributed by atoms with van der Waals surface area (Å²) in [6.45, 7) is 0. The molecular weight excluding hydrogens is 407 g/mol. The summed E-state index contributed by atoms with van der Waals surface area (Å²) in [6.07, 6.45) is 0. The summed E-state index contributed by atoms with van der Waals surface area (Å²) >= 11 is 8.20. The molecule has 5 heteroatoms. The first-order valence-electron chi connectivity index (χ1n) is 5.73. The van der Waals surface area contributed by atoms with Crippen LogP contribution in [-0.2, 0) is 0 Å². The minimum absolute atomic E-state index is 0.0825. The normalized spacial score (nSPS) is 10.9. The standard InChI is InChI=1S/C15H7Br2FOS/c16-8-4-5-13(18)10(6-8)14(19)11-7-20-15-9(11)2-1-3-12(15)17/h1-7H. The van der Waals surface area contributed by atoms with Crippen molar-refractivity contribution >= 4 is 59.1 Å². The third-order valence-corrected chi connectivity index (χ3v) is 5.42. The Morgan fingerprint density at radius 2 is 1.90 bits per heavy atom. The first-order valence-corrected chi connectivity index (χ1v) is 8.20. The number of benzene rings is 2. The van der Waals surface area contributed by atoms with Crippen LogP contribution in [0.2, 0.25) is 0 Å². The molecule has 2 aromatic carbocycles. The zero-order chi connectivity index (χ0) is 14.3. The zero-order valence-electron chi connectivity index (χ0n) is 9.99. The number of hydrogen-bond acceptors (Lipinski definition) is 2. The summed E-state index contributed by atoms with van der Waals surface area (Å²) in [6, 6.07) is 10.1. The Kier molecular flexibility index (Phi) is 3.75. The van der Waals surface area contributed by atoms with Gasteiger partial charge in [-0.2, -0.15) is 0 Å². The third kappa shape index (κ3) is 2.34. The fraction of sp³-hybridized carbons (Fsp3) is 0. The quantitative estimate of drug-likeness (QED) is 0.485. The maximum absolute atomic E-state index is 13.8. The van der Waals surface area contributed by atoms with Crippen LogP contribution >= 0.6 is 43.2 Å². The van der Waals surface area contributed by atoms with Crippen molar-refractivity contribution in [1.29, 1.82) is 0 Å². The Morgan fingerprint density at radius 3 is 2.70 bits per heavy atom. The number of ketones is 1. The first kappa shape index (κ1) is 13.9. The molecule has 0 unspecified atom stereocenters. The van der Waals surface area contributed by atoms with Crippen LogP contribution in [0.3, 0.4) is 0 Å². The van der Waals surface area contributed by atoms with Crippen molar-refractivity contribution in [2.75, 3.05) is 0 Å². The van der Waals surface area contributed by atoms with E-state index in [1.807, 2.05) is 18.2 Å². The van der Waals surface area contributed by atoms with Crippen LogP contribution in [0, 0.1) is 5.82 Å². The molecule has 0 aliphatic carbocycles. The molecule has 1 nitrogen and oxygen atoms in total. The lowest BCUT2D eigenvalue weighted by Crippen LogP contribution is -2.03. The van der Waals surface area contributed by atoms with Crippen LogP contribution < -0.4 is 0 Å². The highest BCUT2D eigenvalue weighted by molar-refractivity contribution is 9.11. The van der Waals surface area contributed by atoms with E-state index >= 15 is 0 Å². The van der Waals surface area contributed by atoms with E-state index in [1.165, 1.54) is 23.5 Å². The molecular formula is C15H7Br2FOS. The largest absolute Gasteiger partial charge is 0.288 e. The minimum atomic E-state index is -0.507. The molecule has 3 rings (SSSR count). The van der Waals surface area contributed by atoms with Crippen LogP contribution in [-0.4, -0.2) is 5.78 Å². The number of rotatable bonds is 2. The number of carbonyl (C=O) groups excluding carboxylic acids is 1. The van der Waals surface area contributed by atoms with Gasteiger partial charge in [-0.05, 0) is 40.2 Å². The maximum Gasteiger partial charge on any atom is 0.197 e. The second kappa shape index (κ2) is 5.39. The predicted octanol–water partition coefficient (Wildman–Crippen LogP) is 5.80. The number of carbonyl (C=O) groups is 1. The third-order valence-electron chi connectivity index (χ3n) is 2.97. The van der Waals surface area contributed by atoms with Gasteiger partial charge in [-0.25, -0.2) is 4.39 Å². The highest BCUT2D eigenvalue weighted by Gasteiger charge is 2.18. The molecule has 0 N–H and O–H groups in total. The molecule has 0 amide bonds. The summed E-state index contributed by atoms with van der Waals surface area (Å²) in [5, 5.41) is 2.62. The summed E-state index contributed by atoms with van der Waals surface area (Å²) in [5.41, 5.74) is 0.613. The molecule has 100 valence electrons. The van der Waals surface area contributed by atoms with Crippen molar-refractivity contribution in [3.8, 4) is 0 Å². The topological polar surface area (TPSA) is 17.1 Å². The van der Waals surface area contributed by atoms with Crippen molar-refractivity contribution < 1.29 is 9.18 Å². The smallest absolute Gasteiger partial charge is 0.197 e. The Bertz CT molecular complexity index is 826. The molecule has 0 aliphatic heterocycles. The number of halogens is 3. The lowest BCUT2D eigenvalue weighted by molar-refractivity contribution is 0.103. The number of hydrogen-bond donors (Lipinski definition) is 0. The Morgan fingerprint density at radius 1 is 1.10 bits per heavy atom. The van der Waals surface area contributed by atoms with Crippen LogP contribution in [0.5, 0.6) is 0 Å². The Labute approximate surface area is 135 Å². The molecule has 0 atom stereocenters. The number of thiophene rings is 1.